The fourth-order valence-corrected chi connectivity index (χ4v) is 3.76. The second-order valence-corrected chi connectivity index (χ2v) is 7.80. The Morgan fingerprint density at radius 2 is 1.88 bits per heavy atom. The van der Waals surface area contributed by atoms with Gasteiger partial charge in [0.05, 0.1) is 23.5 Å². The number of nitrogens with one attached hydrogen (secondary N) is 1. The average molecular weight is 465 g/mol. The molecule has 11 heteroatoms. The van der Waals surface area contributed by atoms with Crippen LogP contribution in [0.4, 0.5) is 24.5 Å². The van der Waals surface area contributed by atoms with Gasteiger partial charge in [0.15, 0.2) is 0 Å². The van der Waals surface area contributed by atoms with E-state index in [9.17, 15) is 18.0 Å². The number of piperazine rings is 1. The van der Waals surface area contributed by atoms with E-state index in [-0.39, 0.29) is 12.2 Å². The van der Waals surface area contributed by atoms with Gasteiger partial charge in [-0.15, -0.1) is 0 Å². The zero-order valence-electron chi connectivity index (χ0n) is 16.9. The van der Waals surface area contributed by atoms with E-state index in [1.807, 2.05) is 29.2 Å². The van der Waals surface area contributed by atoms with Crippen LogP contribution in [0.15, 0.2) is 55.1 Å². The first-order valence-electron chi connectivity index (χ1n) is 9.88. The summed E-state index contributed by atoms with van der Waals surface area (Å²) in [6, 6.07) is 10.7. The lowest BCUT2D eigenvalue weighted by atomic mass is 10.1. The maximum Gasteiger partial charge on any atom is 0.416 e. The summed E-state index contributed by atoms with van der Waals surface area (Å²) in [6.07, 6.45) is -1.91. The van der Waals surface area contributed by atoms with Gasteiger partial charge in [0.25, 0.3) is 0 Å². The Morgan fingerprint density at radius 1 is 1.09 bits per heavy atom. The second kappa shape index (κ2) is 9.17. The lowest BCUT2D eigenvalue weighted by molar-refractivity contribution is -0.137. The molecule has 4 rings (SSSR count). The third-order valence-corrected chi connectivity index (χ3v) is 5.41. The number of anilines is 2. The Labute approximate surface area is 187 Å². The van der Waals surface area contributed by atoms with Crippen molar-refractivity contribution in [3.8, 4) is 5.69 Å². The highest BCUT2D eigenvalue weighted by atomic mass is 35.5. The number of hydrogen-bond donors (Lipinski definition) is 1. The SMILES string of the molecule is O=C(CN1CCN(c2cccc(Cl)c2)CC1)Nc1cc(C(F)(F)F)ccc1-n1cncn1. The molecule has 0 bridgehead atoms. The summed E-state index contributed by atoms with van der Waals surface area (Å²) in [5.41, 5.74) is 0.484. The maximum atomic E-state index is 13.2. The van der Waals surface area contributed by atoms with Crippen molar-refractivity contribution >= 4 is 28.9 Å². The van der Waals surface area contributed by atoms with E-state index in [2.05, 4.69) is 20.3 Å². The Bertz CT molecular complexity index is 1080. The molecule has 1 aromatic heterocycles. The van der Waals surface area contributed by atoms with E-state index in [0.29, 0.717) is 36.9 Å². The molecule has 1 aliphatic rings. The average Bonchev–Trinajstić information content (AvgIpc) is 3.28. The summed E-state index contributed by atoms with van der Waals surface area (Å²) in [4.78, 5) is 20.6. The van der Waals surface area contributed by atoms with E-state index in [1.54, 1.807) is 0 Å². The Hall–Kier alpha value is -3.11. The topological polar surface area (TPSA) is 66.3 Å². The molecule has 0 atom stereocenters. The van der Waals surface area contributed by atoms with E-state index in [0.717, 1.165) is 17.8 Å². The first-order chi connectivity index (χ1) is 15.3. The molecule has 0 unspecified atom stereocenters. The predicted molar refractivity (Wildman–Crippen MR) is 115 cm³/mol. The lowest BCUT2D eigenvalue weighted by Crippen LogP contribution is -2.48. The zero-order valence-corrected chi connectivity index (χ0v) is 17.6. The normalized spacial score (nSPS) is 15.1. The van der Waals surface area contributed by atoms with Crippen LogP contribution in [0.25, 0.3) is 5.69 Å². The van der Waals surface area contributed by atoms with Gasteiger partial charge < -0.3 is 10.2 Å². The van der Waals surface area contributed by atoms with Crippen molar-refractivity contribution in [1.82, 2.24) is 19.7 Å². The van der Waals surface area contributed by atoms with Crippen LogP contribution in [0.2, 0.25) is 5.02 Å². The van der Waals surface area contributed by atoms with Crippen molar-refractivity contribution in [2.24, 2.45) is 0 Å². The number of aromatic nitrogens is 3. The van der Waals surface area contributed by atoms with Gasteiger partial charge in [-0.3, -0.25) is 9.69 Å². The third-order valence-electron chi connectivity index (χ3n) is 5.18. The Morgan fingerprint density at radius 3 is 2.53 bits per heavy atom. The molecule has 2 heterocycles. The molecular formula is C21H20ClF3N6O. The molecule has 7 nitrogen and oxygen atoms in total. The van der Waals surface area contributed by atoms with Crippen molar-refractivity contribution in [1.29, 1.82) is 0 Å². The van der Waals surface area contributed by atoms with Crippen LogP contribution in [-0.2, 0) is 11.0 Å². The Kier molecular flexibility index (Phi) is 6.33. The van der Waals surface area contributed by atoms with Gasteiger partial charge in [-0.1, -0.05) is 17.7 Å². The van der Waals surface area contributed by atoms with Gasteiger partial charge in [0.1, 0.15) is 12.7 Å². The molecule has 168 valence electrons. The van der Waals surface area contributed by atoms with Crippen LogP contribution >= 0.6 is 11.6 Å². The quantitative estimate of drug-likeness (QED) is 0.623. The van der Waals surface area contributed by atoms with Crippen molar-refractivity contribution in [2.75, 3.05) is 42.9 Å². The molecule has 0 saturated carbocycles. The van der Waals surface area contributed by atoms with Crippen LogP contribution in [0.3, 0.4) is 0 Å². The number of hydrogen-bond acceptors (Lipinski definition) is 5. The first-order valence-corrected chi connectivity index (χ1v) is 10.3. The van der Waals surface area contributed by atoms with Crippen LogP contribution in [0.5, 0.6) is 0 Å². The minimum Gasteiger partial charge on any atom is -0.369 e. The summed E-state index contributed by atoms with van der Waals surface area (Å²) in [5.74, 6) is -0.401. The standard InChI is InChI=1S/C21H20ClF3N6O/c22-16-2-1-3-17(11-16)30-8-6-29(7-9-30)12-20(32)28-18-10-15(21(23,24)25)4-5-19(18)31-14-26-13-27-31/h1-5,10-11,13-14H,6-9,12H2,(H,28,32). The van der Waals surface area contributed by atoms with Gasteiger partial charge in [-0.05, 0) is 36.4 Å². The zero-order chi connectivity index (χ0) is 22.7. The van der Waals surface area contributed by atoms with Gasteiger partial charge >= 0.3 is 6.18 Å². The number of carbonyl (C=O) groups is 1. The fourth-order valence-electron chi connectivity index (χ4n) is 3.57. The first kappa shape index (κ1) is 22.1. The second-order valence-electron chi connectivity index (χ2n) is 7.36. The molecule has 32 heavy (non-hydrogen) atoms. The van der Waals surface area contributed by atoms with E-state index in [4.69, 9.17) is 11.6 Å². The predicted octanol–water partition coefficient (Wildman–Crippen LogP) is 3.70. The number of alkyl halides is 3. The minimum atomic E-state index is -4.53. The number of halogens is 4. The molecule has 1 saturated heterocycles. The molecule has 1 fully saturated rings. The lowest BCUT2D eigenvalue weighted by Gasteiger charge is -2.35. The van der Waals surface area contributed by atoms with Crippen LogP contribution in [0.1, 0.15) is 5.56 Å². The fraction of sp³-hybridized carbons (Fsp3) is 0.286. The summed E-state index contributed by atoms with van der Waals surface area (Å²) in [7, 11) is 0. The summed E-state index contributed by atoms with van der Waals surface area (Å²) in [6.45, 7) is 2.76. The highest BCUT2D eigenvalue weighted by Crippen LogP contribution is 2.33. The van der Waals surface area contributed by atoms with Crippen molar-refractivity contribution in [2.45, 2.75) is 6.18 Å². The number of amides is 1. The molecule has 1 aliphatic heterocycles. The van der Waals surface area contributed by atoms with Crippen molar-refractivity contribution in [3.05, 3.63) is 65.7 Å². The molecule has 0 spiro atoms. The van der Waals surface area contributed by atoms with Gasteiger partial charge in [0, 0.05) is 36.9 Å². The highest BCUT2D eigenvalue weighted by Gasteiger charge is 2.31. The van der Waals surface area contributed by atoms with E-state index >= 15 is 0 Å². The van der Waals surface area contributed by atoms with Crippen molar-refractivity contribution < 1.29 is 18.0 Å². The van der Waals surface area contributed by atoms with Crippen molar-refractivity contribution in [3.63, 3.8) is 0 Å². The van der Waals surface area contributed by atoms with E-state index in [1.165, 1.54) is 23.4 Å². The van der Waals surface area contributed by atoms with E-state index < -0.39 is 17.6 Å². The molecule has 3 aromatic rings. The smallest absolute Gasteiger partial charge is 0.369 e. The number of carbonyl (C=O) groups excluding carboxylic acids is 1. The number of nitrogens with zero attached hydrogens (tertiary/aromatic N) is 5. The minimum absolute atomic E-state index is 0.0212. The molecule has 0 aliphatic carbocycles. The largest absolute Gasteiger partial charge is 0.416 e. The molecule has 1 amide bonds. The van der Waals surface area contributed by atoms with Gasteiger partial charge in [-0.25, -0.2) is 9.67 Å². The molecule has 1 N–H and O–H groups in total. The molecular weight excluding hydrogens is 445 g/mol. The van der Waals surface area contributed by atoms with Crippen LogP contribution in [0, 0.1) is 0 Å². The Balaban J connectivity index is 1.42. The van der Waals surface area contributed by atoms with Crippen LogP contribution in [-0.4, -0.2) is 58.3 Å². The molecule has 0 radical (unpaired) electrons. The summed E-state index contributed by atoms with van der Waals surface area (Å²) < 4.78 is 40.9. The summed E-state index contributed by atoms with van der Waals surface area (Å²) in [5, 5.41) is 7.22. The number of rotatable bonds is 5. The van der Waals surface area contributed by atoms with Gasteiger partial charge in [0.2, 0.25) is 5.91 Å². The van der Waals surface area contributed by atoms with Gasteiger partial charge in [-0.2, -0.15) is 18.3 Å². The summed E-state index contributed by atoms with van der Waals surface area (Å²) >= 11 is 6.06. The third kappa shape index (κ3) is 5.20. The maximum absolute atomic E-state index is 13.2. The monoisotopic (exact) mass is 464 g/mol. The molecule has 2 aromatic carbocycles. The number of benzene rings is 2. The van der Waals surface area contributed by atoms with Crippen LogP contribution < -0.4 is 10.2 Å². The highest BCUT2D eigenvalue weighted by molar-refractivity contribution is 6.30.